The molecule has 1 atom stereocenters. The van der Waals surface area contributed by atoms with Crippen molar-refractivity contribution >= 4 is 17.3 Å². The molecule has 0 aliphatic heterocycles. The molecule has 0 saturated heterocycles. The fraction of sp³-hybridized carbons (Fsp3) is 0.462. The summed E-state index contributed by atoms with van der Waals surface area (Å²) in [4.78, 5) is 13.3. The summed E-state index contributed by atoms with van der Waals surface area (Å²) in [6, 6.07) is 5.24. The number of ether oxygens (including phenoxy) is 1. The molecule has 5 heteroatoms. The first kappa shape index (κ1) is 14.3. The minimum absolute atomic E-state index is 0.172. The number of hydrogen-bond donors (Lipinski definition) is 2. The van der Waals surface area contributed by atoms with Crippen LogP contribution in [-0.4, -0.2) is 32.2 Å². The number of anilines is 2. The summed E-state index contributed by atoms with van der Waals surface area (Å²) in [5.74, 6) is -0.452. The van der Waals surface area contributed by atoms with Gasteiger partial charge in [-0.25, -0.2) is 0 Å². The second-order valence-corrected chi connectivity index (χ2v) is 4.23. The highest BCUT2D eigenvalue weighted by molar-refractivity contribution is 5.95. The fourth-order valence-electron chi connectivity index (χ4n) is 2.00. The molecule has 0 radical (unpaired) electrons. The summed E-state index contributed by atoms with van der Waals surface area (Å²) in [6.07, 6.45) is 0. The second kappa shape index (κ2) is 6.26. The van der Waals surface area contributed by atoms with E-state index in [-0.39, 0.29) is 6.04 Å². The smallest absolute Gasteiger partial charge is 0.248 e. The molecule has 100 valence electrons. The molecule has 18 heavy (non-hydrogen) atoms. The van der Waals surface area contributed by atoms with Crippen LogP contribution in [0.4, 0.5) is 11.4 Å². The van der Waals surface area contributed by atoms with Crippen LogP contribution in [0.15, 0.2) is 18.2 Å². The third-order valence-electron chi connectivity index (χ3n) is 2.91. The number of nitrogen functional groups attached to an aromatic ring is 1. The highest BCUT2D eigenvalue weighted by Crippen LogP contribution is 2.26. The maximum atomic E-state index is 11.2. The van der Waals surface area contributed by atoms with Crippen LogP contribution in [0.5, 0.6) is 0 Å². The van der Waals surface area contributed by atoms with Crippen LogP contribution in [-0.2, 0) is 4.74 Å². The van der Waals surface area contributed by atoms with Crippen molar-refractivity contribution in [3.05, 3.63) is 23.8 Å². The number of rotatable bonds is 6. The Morgan fingerprint density at radius 1 is 1.50 bits per heavy atom. The summed E-state index contributed by atoms with van der Waals surface area (Å²) < 4.78 is 5.15. The van der Waals surface area contributed by atoms with E-state index in [0.717, 1.165) is 12.2 Å². The molecular formula is C13H21N3O2. The fourth-order valence-corrected chi connectivity index (χ4v) is 2.00. The van der Waals surface area contributed by atoms with E-state index in [1.807, 2.05) is 13.8 Å². The van der Waals surface area contributed by atoms with Gasteiger partial charge in [0, 0.05) is 25.3 Å². The Balaban J connectivity index is 3.11. The van der Waals surface area contributed by atoms with Crippen molar-refractivity contribution in [2.45, 2.75) is 19.9 Å². The van der Waals surface area contributed by atoms with E-state index in [9.17, 15) is 4.79 Å². The summed E-state index contributed by atoms with van der Waals surface area (Å²) in [7, 11) is 1.66. The largest absolute Gasteiger partial charge is 0.397 e. The number of nitrogens with two attached hydrogens (primary N) is 2. The van der Waals surface area contributed by atoms with Crippen molar-refractivity contribution in [2.75, 3.05) is 30.9 Å². The Kier molecular flexibility index (Phi) is 4.97. The maximum absolute atomic E-state index is 11.2. The van der Waals surface area contributed by atoms with Gasteiger partial charge in [-0.2, -0.15) is 0 Å². The highest BCUT2D eigenvalue weighted by atomic mass is 16.5. The molecule has 4 N–H and O–H groups in total. The summed E-state index contributed by atoms with van der Waals surface area (Å²) in [5, 5.41) is 0. The average molecular weight is 251 g/mol. The van der Waals surface area contributed by atoms with Gasteiger partial charge in [0.2, 0.25) is 5.91 Å². The Morgan fingerprint density at radius 2 is 2.17 bits per heavy atom. The SMILES string of the molecule is CCN(c1cc(C(N)=O)ccc1N)C(C)COC. The van der Waals surface area contributed by atoms with Gasteiger partial charge in [-0.3, -0.25) is 4.79 Å². The number of carbonyl (C=O) groups is 1. The average Bonchev–Trinajstić information content (AvgIpc) is 2.32. The van der Waals surface area contributed by atoms with Crippen LogP contribution >= 0.6 is 0 Å². The van der Waals surface area contributed by atoms with Crippen molar-refractivity contribution in [3.8, 4) is 0 Å². The van der Waals surface area contributed by atoms with Crippen LogP contribution in [0.3, 0.4) is 0 Å². The van der Waals surface area contributed by atoms with E-state index < -0.39 is 5.91 Å². The molecule has 0 saturated carbocycles. The van der Waals surface area contributed by atoms with E-state index in [1.54, 1.807) is 25.3 Å². The van der Waals surface area contributed by atoms with E-state index in [1.165, 1.54) is 0 Å². The number of nitrogens with zero attached hydrogens (tertiary/aromatic N) is 1. The monoisotopic (exact) mass is 251 g/mol. The lowest BCUT2D eigenvalue weighted by Gasteiger charge is -2.31. The van der Waals surface area contributed by atoms with E-state index in [4.69, 9.17) is 16.2 Å². The zero-order valence-electron chi connectivity index (χ0n) is 11.1. The van der Waals surface area contributed by atoms with Gasteiger partial charge in [-0.15, -0.1) is 0 Å². The molecule has 0 aromatic heterocycles. The van der Waals surface area contributed by atoms with Crippen LogP contribution in [0.1, 0.15) is 24.2 Å². The molecule has 0 aliphatic rings. The second-order valence-electron chi connectivity index (χ2n) is 4.23. The number of primary amides is 1. The topological polar surface area (TPSA) is 81.6 Å². The van der Waals surface area contributed by atoms with Crippen LogP contribution in [0.25, 0.3) is 0 Å². The lowest BCUT2D eigenvalue weighted by molar-refractivity contribution is 0.100. The first-order valence-electron chi connectivity index (χ1n) is 5.96. The zero-order chi connectivity index (χ0) is 13.7. The number of likely N-dealkylation sites (N-methyl/N-ethyl adjacent to an activating group) is 1. The lowest BCUT2D eigenvalue weighted by atomic mass is 10.1. The quantitative estimate of drug-likeness (QED) is 0.745. The normalized spacial score (nSPS) is 12.2. The minimum atomic E-state index is -0.452. The van der Waals surface area contributed by atoms with Gasteiger partial charge in [-0.1, -0.05) is 0 Å². The third-order valence-corrected chi connectivity index (χ3v) is 2.91. The van der Waals surface area contributed by atoms with Crippen molar-refractivity contribution in [2.24, 2.45) is 5.73 Å². The Morgan fingerprint density at radius 3 is 2.67 bits per heavy atom. The predicted octanol–water partition coefficient (Wildman–Crippen LogP) is 1.23. The molecule has 1 amide bonds. The van der Waals surface area contributed by atoms with Gasteiger partial charge in [0.25, 0.3) is 0 Å². The molecule has 0 spiro atoms. The summed E-state index contributed by atoms with van der Waals surface area (Å²) in [5.41, 5.74) is 13.2. The number of benzene rings is 1. The minimum Gasteiger partial charge on any atom is -0.397 e. The molecule has 1 rings (SSSR count). The van der Waals surface area contributed by atoms with Crippen molar-refractivity contribution < 1.29 is 9.53 Å². The van der Waals surface area contributed by atoms with E-state index in [0.29, 0.717) is 17.9 Å². The van der Waals surface area contributed by atoms with Crippen LogP contribution in [0, 0.1) is 0 Å². The van der Waals surface area contributed by atoms with Gasteiger partial charge in [0.1, 0.15) is 0 Å². The molecule has 0 heterocycles. The van der Waals surface area contributed by atoms with Gasteiger partial charge in [0.05, 0.1) is 18.0 Å². The predicted molar refractivity (Wildman–Crippen MR) is 73.7 cm³/mol. The van der Waals surface area contributed by atoms with E-state index >= 15 is 0 Å². The Hall–Kier alpha value is -1.75. The van der Waals surface area contributed by atoms with Crippen molar-refractivity contribution in [1.29, 1.82) is 0 Å². The lowest BCUT2D eigenvalue weighted by Crippen LogP contribution is -2.36. The molecule has 1 aromatic rings. The molecule has 5 nitrogen and oxygen atoms in total. The highest BCUT2D eigenvalue weighted by Gasteiger charge is 2.16. The van der Waals surface area contributed by atoms with Gasteiger partial charge < -0.3 is 21.1 Å². The number of methoxy groups -OCH3 is 1. The van der Waals surface area contributed by atoms with Gasteiger partial charge in [0.15, 0.2) is 0 Å². The third kappa shape index (κ3) is 3.13. The summed E-state index contributed by atoms with van der Waals surface area (Å²) >= 11 is 0. The molecule has 0 fully saturated rings. The first-order valence-corrected chi connectivity index (χ1v) is 5.96. The maximum Gasteiger partial charge on any atom is 0.248 e. The molecular weight excluding hydrogens is 230 g/mol. The van der Waals surface area contributed by atoms with Crippen molar-refractivity contribution in [3.63, 3.8) is 0 Å². The Labute approximate surface area is 108 Å². The Bertz CT molecular complexity index is 421. The molecule has 1 unspecified atom stereocenters. The van der Waals surface area contributed by atoms with Crippen molar-refractivity contribution in [1.82, 2.24) is 0 Å². The first-order chi connectivity index (χ1) is 8.51. The van der Waals surface area contributed by atoms with Crippen LogP contribution < -0.4 is 16.4 Å². The number of hydrogen-bond acceptors (Lipinski definition) is 4. The van der Waals surface area contributed by atoms with Gasteiger partial charge >= 0.3 is 0 Å². The number of amides is 1. The molecule has 1 aromatic carbocycles. The zero-order valence-corrected chi connectivity index (χ0v) is 11.1. The molecule has 0 bridgehead atoms. The summed E-state index contributed by atoms with van der Waals surface area (Å²) in [6.45, 7) is 5.44. The van der Waals surface area contributed by atoms with E-state index in [2.05, 4.69) is 4.90 Å². The number of carbonyl (C=O) groups excluding carboxylic acids is 1. The standard InChI is InChI=1S/C13H21N3O2/c1-4-16(9(2)8-18-3)12-7-10(13(15)17)5-6-11(12)14/h5-7,9H,4,8,14H2,1-3H3,(H2,15,17). The van der Waals surface area contributed by atoms with Crippen LogP contribution in [0.2, 0.25) is 0 Å². The molecule has 0 aliphatic carbocycles. The van der Waals surface area contributed by atoms with Gasteiger partial charge in [-0.05, 0) is 32.0 Å².